The first-order valence-corrected chi connectivity index (χ1v) is 4.90. The van der Waals surface area contributed by atoms with E-state index in [0.29, 0.717) is 11.3 Å². The number of hydrogen-bond donors (Lipinski definition) is 1. The van der Waals surface area contributed by atoms with Gasteiger partial charge in [0.25, 0.3) is 0 Å². The van der Waals surface area contributed by atoms with Crippen LogP contribution in [-0.4, -0.2) is 10.3 Å². The summed E-state index contributed by atoms with van der Waals surface area (Å²) in [5, 5.41) is 12.9. The van der Waals surface area contributed by atoms with Crippen LogP contribution in [0.5, 0.6) is 0 Å². The maximum Gasteiger partial charge on any atom is 0.129 e. The summed E-state index contributed by atoms with van der Waals surface area (Å²) < 4.78 is 5.78. The van der Waals surface area contributed by atoms with Crippen molar-refractivity contribution < 1.29 is 9.63 Å². The average Bonchev–Trinajstić information content (AvgIpc) is 2.65. The minimum atomic E-state index is -0.0641. The van der Waals surface area contributed by atoms with Crippen LogP contribution in [0.4, 0.5) is 0 Å². The normalized spacial score (nSPS) is 10.4. The molecule has 1 heterocycles. The number of aliphatic hydroxyl groups excluding tert-OH is 1. The van der Waals surface area contributed by atoms with Crippen molar-refractivity contribution >= 4 is 15.9 Å². The van der Waals surface area contributed by atoms with Crippen molar-refractivity contribution in [2.24, 2.45) is 0 Å². The van der Waals surface area contributed by atoms with E-state index in [1.54, 1.807) is 0 Å². The fourth-order valence-corrected chi connectivity index (χ4v) is 1.64. The Morgan fingerprint density at radius 1 is 1.43 bits per heavy atom. The summed E-state index contributed by atoms with van der Waals surface area (Å²) >= 11 is 3.37. The van der Waals surface area contributed by atoms with Gasteiger partial charge in [0.05, 0.1) is 6.61 Å². The second-order valence-corrected chi connectivity index (χ2v) is 3.77. The van der Waals surface area contributed by atoms with E-state index in [0.717, 1.165) is 10.0 Å². The van der Waals surface area contributed by atoms with Crippen LogP contribution in [0.2, 0.25) is 0 Å². The number of hydrogen-bond acceptors (Lipinski definition) is 3. The van der Waals surface area contributed by atoms with Gasteiger partial charge in [-0.3, -0.25) is 0 Å². The molecule has 0 fully saturated rings. The lowest BCUT2D eigenvalue weighted by Crippen LogP contribution is -1.85. The first-order chi connectivity index (χ1) is 6.81. The highest BCUT2D eigenvalue weighted by atomic mass is 79.9. The van der Waals surface area contributed by atoms with Gasteiger partial charge in [0.15, 0.2) is 0 Å². The molecule has 0 amide bonds. The topological polar surface area (TPSA) is 46.3 Å². The minimum Gasteiger partial charge on any atom is -0.391 e. The molecular weight excluding hydrogens is 246 g/mol. The standard InChI is InChI=1S/C10H8BrNO2/c11-9-3-1-2-7(4-9)10-8(5-13)6-14-12-10/h1-4,6,13H,5H2. The zero-order valence-corrected chi connectivity index (χ0v) is 8.86. The summed E-state index contributed by atoms with van der Waals surface area (Å²) in [6, 6.07) is 7.69. The molecule has 4 heteroatoms. The fraction of sp³-hybridized carbons (Fsp3) is 0.100. The molecule has 3 nitrogen and oxygen atoms in total. The van der Waals surface area contributed by atoms with Crippen LogP contribution in [0.3, 0.4) is 0 Å². The van der Waals surface area contributed by atoms with Gasteiger partial charge in [-0.05, 0) is 12.1 Å². The molecule has 1 aromatic heterocycles. The highest BCUT2D eigenvalue weighted by molar-refractivity contribution is 9.10. The lowest BCUT2D eigenvalue weighted by Gasteiger charge is -1.98. The van der Waals surface area contributed by atoms with Crippen LogP contribution in [-0.2, 0) is 6.61 Å². The first kappa shape index (κ1) is 9.43. The molecule has 0 aliphatic rings. The van der Waals surface area contributed by atoms with Crippen LogP contribution in [0.15, 0.2) is 39.5 Å². The third-order valence-corrected chi connectivity index (χ3v) is 2.40. The minimum absolute atomic E-state index is 0.0641. The lowest BCUT2D eigenvalue weighted by molar-refractivity contribution is 0.280. The van der Waals surface area contributed by atoms with Gasteiger partial charge in [-0.25, -0.2) is 0 Å². The number of halogens is 1. The Kier molecular flexibility index (Phi) is 2.65. The smallest absolute Gasteiger partial charge is 0.129 e. The van der Waals surface area contributed by atoms with Gasteiger partial charge >= 0.3 is 0 Å². The number of nitrogens with zero attached hydrogens (tertiary/aromatic N) is 1. The van der Waals surface area contributed by atoms with Crippen molar-refractivity contribution in [1.82, 2.24) is 5.16 Å². The van der Waals surface area contributed by atoms with E-state index in [1.807, 2.05) is 24.3 Å². The predicted molar refractivity (Wildman–Crippen MR) is 55.6 cm³/mol. The van der Waals surface area contributed by atoms with Crippen LogP contribution in [0.25, 0.3) is 11.3 Å². The van der Waals surface area contributed by atoms with Crippen LogP contribution in [0, 0.1) is 0 Å². The van der Waals surface area contributed by atoms with Crippen molar-refractivity contribution in [2.45, 2.75) is 6.61 Å². The second kappa shape index (κ2) is 3.94. The second-order valence-electron chi connectivity index (χ2n) is 2.86. The molecule has 2 aromatic rings. The van der Waals surface area contributed by atoms with Crippen molar-refractivity contribution in [3.8, 4) is 11.3 Å². The summed E-state index contributed by atoms with van der Waals surface area (Å²) in [6.07, 6.45) is 1.45. The van der Waals surface area contributed by atoms with Gasteiger partial charge in [-0.1, -0.05) is 33.2 Å². The Labute approximate surface area is 89.5 Å². The molecule has 0 radical (unpaired) electrons. The molecule has 0 aliphatic heterocycles. The number of benzene rings is 1. The zero-order valence-electron chi connectivity index (χ0n) is 7.27. The molecule has 0 spiro atoms. The Bertz CT molecular complexity index is 439. The quantitative estimate of drug-likeness (QED) is 0.895. The molecule has 1 aromatic carbocycles. The van der Waals surface area contributed by atoms with Crippen LogP contribution < -0.4 is 0 Å². The molecule has 0 atom stereocenters. The highest BCUT2D eigenvalue weighted by Crippen LogP contribution is 2.24. The first-order valence-electron chi connectivity index (χ1n) is 4.11. The molecule has 0 saturated heterocycles. The van der Waals surface area contributed by atoms with Gasteiger partial charge in [-0.15, -0.1) is 0 Å². The van der Waals surface area contributed by atoms with Gasteiger partial charge in [0.2, 0.25) is 0 Å². The summed E-state index contributed by atoms with van der Waals surface area (Å²) in [5.74, 6) is 0. The van der Waals surface area contributed by atoms with Gasteiger partial charge < -0.3 is 9.63 Å². The molecule has 0 aliphatic carbocycles. The van der Waals surface area contributed by atoms with E-state index in [4.69, 9.17) is 9.63 Å². The van der Waals surface area contributed by atoms with E-state index in [1.165, 1.54) is 6.26 Å². The molecule has 2 rings (SSSR count). The zero-order chi connectivity index (χ0) is 9.97. The maximum absolute atomic E-state index is 9.03. The van der Waals surface area contributed by atoms with Crippen molar-refractivity contribution in [1.29, 1.82) is 0 Å². The Morgan fingerprint density at radius 3 is 3.00 bits per heavy atom. The number of aliphatic hydroxyl groups is 1. The third kappa shape index (κ3) is 1.71. The molecule has 72 valence electrons. The lowest BCUT2D eigenvalue weighted by atomic mass is 10.1. The molecule has 0 bridgehead atoms. The summed E-state index contributed by atoms with van der Waals surface area (Å²) in [7, 11) is 0. The van der Waals surface area contributed by atoms with E-state index in [2.05, 4.69) is 21.1 Å². The number of rotatable bonds is 2. The van der Waals surface area contributed by atoms with Crippen LogP contribution in [0.1, 0.15) is 5.56 Å². The predicted octanol–water partition coefficient (Wildman–Crippen LogP) is 2.60. The van der Waals surface area contributed by atoms with E-state index < -0.39 is 0 Å². The SMILES string of the molecule is OCc1conc1-c1cccc(Br)c1. The van der Waals surface area contributed by atoms with E-state index in [-0.39, 0.29) is 6.61 Å². The Morgan fingerprint density at radius 2 is 2.29 bits per heavy atom. The monoisotopic (exact) mass is 253 g/mol. The van der Waals surface area contributed by atoms with E-state index in [9.17, 15) is 0 Å². The van der Waals surface area contributed by atoms with Crippen molar-refractivity contribution in [2.75, 3.05) is 0 Å². The molecule has 1 N–H and O–H groups in total. The number of aromatic nitrogens is 1. The molecule has 14 heavy (non-hydrogen) atoms. The van der Waals surface area contributed by atoms with Gasteiger partial charge in [0.1, 0.15) is 12.0 Å². The molecular formula is C10H8BrNO2. The molecule has 0 unspecified atom stereocenters. The molecule has 0 saturated carbocycles. The van der Waals surface area contributed by atoms with Crippen molar-refractivity contribution in [3.05, 3.63) is 40.6 Å². The highest BCUT2D eigenvalue weighted by Gasteiger charge is 2.08. The fourth-order valence-electron chi connectivity index (χ4n) is 1.24. The largest absolute Gasteiger partial charge is 0.391 e. The summed E-state index contributed by atoms with van der Waals surface area (Å²) in [5.41, 5.74) is 2.31. The summed E-state index contributed by atoms with van der Waals surface area (Å²) in [6.45, 7) is -0.0641. The van der Waals surface area contributed by atoms with Gasteiger partial charge in [-0.2, -0.15) is 0 Å². The van der Waals surface area contributed by atoms with E-state index >= 15 is 0 Å². The van der Waals surface area contributed by atoms with Crippen LogP contribution >= 0.6 is 15.9 Å². The Balaban J connectivity index is 2.49. The third-order valence-electron chi connectivity index (χ3n) is 1.91. The summed E-state index contributed by atoms with van der Waals surface area (Å²) in [4.78, 5) is 0. The average molecular weight is 254 g/mol. The Hall–Kier alpha value is -1.13. The van der Waals surface area contributed by atoms with Gasteiger partial charge in [0, 0.05) is 15.6 Å². The van der Waals surface area contributed by atoms with Crippen molar-refractivity contribution in [3.63, 3.8) is 0 Å². The maximum atomic E-state index is 9.03.